The molecule has 0 unspecified atom stereocenters. The molecule has 2 aromatic carbocycles. The Morgan fingerprint density at radius 3 is 1.87 bits per heavy atom. The monoisotopic (exact) mass is 462 g/mol. The van der Waals surface area contributed by atoms with Crippen molar-refractivity contribution in [3.8, 4) is 23.0 Å². The fourth-order valence-corrected chi connectivity index (χ4v) is 3.40. The number of ether oxygens (including phenoxy) is 4. The molecule has 0 aliphatic carbocycles. The standard InChI is InChI=1S/C11H10ClNO3.C11H10ClNO2/c1-15-10-5-7-8(12)3-4-13(14)9(7)6-11(10)16-2;1-14-10-5-7-8(12)3-4-13-9(7)6-11(10)15-2/h3-6H,1-2H3;3-6H,1-2H3. The van der Waals surface area contributed by atoms with Gasteiger partial charge < -0.3 is 24.2 Å². The molecule has 0 aliphatic rings. The molecule has 0 atom stereocenters. The first-order chi connectivity index (χ1) is 14.9. The summed E-state index contributed by atoms with van der Waals surface area (Å²) in [5, 5.41) is 14.2. The number of benzene rings is 2. The van der Waals surface area contributed by atoms with Gasteiger partial charge in [-0.2, -0.15) is 4.73 Å². The lowest BCUT2D eigenvalue weighted by Gasteiger charge is -2.09. The Morgan fingerprint density at radius 2 is 1.26 bits per heavy atom. The highest BCUT2D eigenvalue weighted by Gasteiger charge is 2.14. The van der Waals surface area contributed by atoms with E-state index in [0.717, 1.165) is 15.6 Å². The third-order valence-corrected chi connectivity index (χ3v) is 5.21. The zero-order valence-corrected chi connectivity index (χ0v) is 18.8. The second-order valence-corrected chi connectivity index (χ2v) is 7.05. The Hall–Kier alpha value is -3.16. The van der Waals surface area contributed by atoms with Crippen LogP contribution in [0, 0.1) is 5.21 Å². The second-order valence-electron chi connectivity index (χ2n) is 6.23. The van der Waals surface area contributed by atoms with Crippen molar-refractivity contribution in [1.29, 1.82) is 0 Å². The Kier molecular flexibility index (Phi) is 7.09. The number of pyridine rings is 2. The molecule has 162 valence electrons. The molecular formula is C22H20Cl2N2O5. The molecule has 2 aromatic heterocycles. The van der Waals surface area contributed by atoms with Crippen molar-refractivity contribution < 1.29 is 23.7 Å². The van der Waals surface area contributed by atoms with Crippen molar-refractivity contribution in [2.45, 2.75) is 0 Å². The first-order valence-corrected chi connectivity index (χ1v) is 9.78. The van der Waals surface area contributed by atoms with Crippen LogP contribution in [0.25, 0.3) is 21.8 Å². The summed E-state index contributed by atoms with van der Waals surface area (Å²) in [6.07, 6.45) is 3.02. The summed E-state index contributed by atoms with van der Waals surface area (Å²) in [4.78, 5) is 4.21. The van der Waals surface area contributed by atoms with Gasteiger partial charge in [0.05, 0.1) is 55.5 Å². The molecule has 31 heavy (non-hydrogen) atoms. The van der Waals surface area contributed by atoms with Crippen LogP contribution in [0.2, 0.25) is 10.0 Å². The summed E-state index contributed by atoms with van der Waals surface area (Å²) in [5.74, 6) is 2.35. The minimum Gasteiger partial charge on any atom is -0.618 e. The van der Waals surface area contributed by atoms with Gasteiger partial charge in [0.25, 0.3) is 0 Å². The minimum absolute atomic E-state index is 0.449. The number of fused-ring (bicyclic) bond motifs is 2. The highest BCUT2D eigenvalue weighted by atomic mass is 35.5. The summed E-state index contributed by atoms with van der Waals surface area (Å²) in [6.45, 7) is 0. The van der Waals surface area contributed by atoms with Crippen LogP contribution < -0.4 is 23.7 Å². The van der Waals surface area contributed by atoms with E-state index >= 15 is 0 Å². The van der Waals surface area contributed by atoms with Crippen molar-refractivity contribution >= 4 is 45.0 Å². The molecule has 0 N–H and O–H groups in total. The van der Waals surface area contributed by atoms with E-state index < -0.39 is 0 Å². The van der Waals surface area contributed by atoms with E-state index in [1.807, 2.05) is 6.07 Å². The van der Waals surface area contributed by atoms with Crippen LogP contribution in [0.15, 0.2) is 48.8 Å². The van der Waals surface area contributed by atoms with Crippen LogP contribution in [0.5, 0.6) is 23.0 Å². The van der Waals surface area contributed by atoms with E-state index in [0.29, 0.717) is 43.9 Å². The van der Waals surface area contributed by atoms with Crippen LogP contribution in [0.1, 0.15) is 0 Å². The van der Waals surface area contributed by atoms with Crippen LogP contribution >= 0.6 is 23.2 Å². The lowest BCUT2D eigenvalue weighted by atomic mass is 10.2. The number of halogens is 2. The van der Waals surface area contributed by atoms with Gasteiger partial charge in [0, 0.05) is 23.7 Å². The van der Waals surface area contributed by atoms with Crippen molar-refractivity contribution in [2.75, 3.05) is 28.4 Å². The van der Waals surface area contributed by atoms with Gasteiger partial charge in [-0.15, -0.1) is 0 Å². The smallest absolute Gasteiger partial charge is 0.229 e. The van der Waals surface area contributed by atoms with E-state index in [9.17, 15) is 5.21 Å². The first kappa shape index (κ1) is 22.5. The van der Waals surface area contributed by atoms with Gasteiger partial charge in [0.15, 0.2) is 29.2 Å². The van der Waals surface area contributed by atoms with Crippen molar-refractivity contribution in [3.05, 3.63) is 64.0 Å². The first-order valence-electron chi connectivity index (χ1n) is 9.03. The van der Waals surface area contributed by atoms with Crippen LogP contribution in [-0.4, -0.2) is 33.4 Å². The number of aromatic nitrogens is 2. The highest BCUT2D eigenvalue weighted by Crippen LogP contribution is 2.34. The number of methoxy groups -OCH3 is 4. The van der Waals surface area contributed by atoms with E-state index in [2.05, 4.69) is 4.98 Å². The lowest BCUT2D eigenvalue weighted by Crippen LogP contribution is -2.25. The van der Waals surface area contributed by atoms with Gasteiger partial charge in [-0.25, -0.2) is 0 Å². The Labute approximate surface area is 189 Å². The van der Waals surface area contributed by atoms with Gasteiger partial charge in [-0.1, -0.05) is 23.2 Å². The minimum atomic E-state index is 0.449. The largest absolute Gasteiger partial charge is 0.618 e. The summed E-state index contributed by atoms with van der Waals surface area (Å²) in [7, 11) is 6.23. The number of hydrogen-bond acceptors (Lipinski definition) is 6. The Morgan fingerprint density at radius 1 is 0.742 bits per heavy atom. The van der Waals surface area contributed by atoms with Crippen LogP contribution in [0.4, 0.5) is 0 Å². The SMILES string of the molecule is COc1cc2c(Cl)cc[n+]([O-])c2cc1OC.COc1cc2nccc(Cl)c2cc1OC. The van der Waals surface area contributed by atoms with Gasteiger partial charge in [-0.3, -0.25) is 4.98 Å². The maximum Gasteiger partial charge on any atom is 0.229 e. The number of nitrogens with zero attached hydrogens (tertiary/aromatic N) is 2. The molecule has 0 amide bonds. The molecule has 0 fully saturated rings. The van der Waals surface area contributed by atoms with Crippen molar-refractivity contribution in [1.82, 2.24) is 4.98 Å². The third-order valence-electron chi connectivity index (χ3n) is 4.55. The molecule has 0 saturated carbocycles. The quantitative estimate of drug-likeness (QED) is 0.312. The van der Waals surface area contributed by atoms with Crippen molar-refractivity contribution in [3.63, 3.8) is 0 Å². The van der Waals surface area contributed by atoms with E-state index in [-0.39, 0.29) is 0 Å². The Balaban J connectivity index is 0.000000176. The molecule has 0 saturated heterocycles. The lowest BCUT2D eigenvalue weighted by molar-refractivity contribution is -0.577. The number of rotatable bonds is 4. The number of hydrogen-bond donors (Lipinski definition) is 0. The van der Waals surface area contributed by atoms with E-state index in [1.165, 1.54) is 20.4 Å². The fourth-order valence-electron chi connectivity index (χ4n) is 2.98. The molecular weight excluding hydrogens is 443 g/mol. The zero-order chi connectivity index (χ0) is 22.5. The summed E-state index contributed by atoms with van der Waals surface area (Å²) in [6, 6.07) is 10.2. The Bertz CT molecular complexity index is 1190. The van der Waals surface area contributed by atoms with E-state index in [4.69, 9.17) is 42.1 Å². The molecule has 0 radical (unpaired) electrons. The predicted molar refractivity (Wildman–Crippen MR) is 121 cm³/mol. The maximum absolute atomic E-state index is 11.6. The second kappa shape index (κ2) is 9.76. The van der Waals surface area contributed by atoms with Crippen molar-refractivity contribution in [2.24, 2.45) is 0 Å². The maximum atomic E-state index is 11.6. The normalized spacial score (nSPS) is 10.4. The molecule has 7 nitrogen and oxygen atoms in total. The molecule has 4 rings (SSSR count). The van der Waals surface area contributed by atoms with Crippen LogP contribution in [0.3, 0.4) is 0 Å². The molecule has 0 bridgehead atoms. The van der Waals surface area contributed by atoms with Gasteiger partial charge >= 0.3 is 0 Å². The van der Waals surface area contributed by atoms with Gasteiger partial charge in [0.2, 0.25) is 5.52 Å². The van der Waals surface area contributed by atoms with Gasteiger partial charge in [0.1, 0.15) is 0 Å². The summed E-state index contributed by atoms with van der Waals surface area (Å²) in [5.41, 5.74) is 1.24. The average molecular weight is 463 g/mol. The zero-order valence-electron chi connectivity index (χ0n) is 17.3. The summed E-state index contributed by atoms with van der Waals surface area (Å²) >= 11 is 12.1. The molecule has 0 aliphatic heterocycles. The van der Waals surface area contributed by atoms with Gasteiger partial charge in [-0.05, 0) is 18.2 Å². The molecule has 4 aromatic rings. The molecule has 0 spiro atoms. The highest BCUT2D eigenvalue weighted by molar-refractivity contribution is 6.35. The average Bonchev–Trinajstić information content (AvgIpc) is 2.80. The summed E-state index contributed by atoms with van der Waals surface area (Å²) < 4.78 is 21.4. The fraction of sp³-hybridized carbons (Fsp3) is 0.182. The van der Waals surface area contributed by atoms with E-state index in [1.54, 1.807) is 50.7 Å². The topological polar surface area (TPSA) is 76.8 Å². The van der Waals surface area contributed by atoms with Crippen LogP contribution in [-0.2, 0) is 0 Å². The predicted octanol–water partition coefficient (Wildman–Crippen LogP) is 5.05. The molecule has 2 heterocycles. The molecule has 9 heteroatoms. The third kappa shape index (κ3) is 4.62.